The summed E-state index contributed by atoms with van der Waals surface area (Å²) in [4.78, 5) is 16.0. The first-order valence-corrected chi connectivity index (χ1v) is 5.54. The molecule has 3 nitrogen and oxygen atoms in total. The van der Waals surface area contributed by atoms with Gasteiger partial charge in [-0.15, -0.1) is 0 Å². The van der Waals surface area contributed by atoms with Gasteiger partial charge in [0.05, 0.1) is 7.11 Å². The summed E-state index contributed by atoms with van der Waals surface area (Å²) >= 11 is 0. The fourth-order valence-corrected chi connectivity index (χ4v) is 1.71. The Balaban J connectivity index is 2.47. The van der Waals surface area contributed by atoms with Crippen molar-refractivity contribution in [3.05, 3.63) is 59.4 Å². The van der Waals surface area contributed by atoms with Gasteiger partial charge in [0.15, 0.2) is 5.78 Å². The van der Waals surface area contributed by atoms with Gasteiger partial charge in [0.2, 0.25) is 0 Å². The van der Waals surface area contributed by atoms with Crippen LogP contribution in [-0.4, -0.2) is 17.9 Å². The molecule has 0 N–H and O–H groups in total. The van der Waals surface area contributed by atoms with Gasteiger partial charge in [-0.3, -0.25) is 9.78 Å². The van der Waals surface area contributed by atoms with Gasteiger partial charge in [-0.25, -0.2) is 8.78 Å². The Kier molecular flexibility index (Phi) is 3.85. The lowest BCUT2D eigenvalue weighted by atomic mass is 9.99. The highest BCUT2D eigenvalue weighted by molar-refractivity contribution is 6.10. The number of carbonyl (C=O) groups is 1. The zero-order valence-electron chi connectivity index (χ0n) is 10.1. The van der Waals surface area contributed by atoms with Crippen LogP contribution in [0, 0.1) is 0 Å². The smallest absolute Gasteiger partial charge is 0.264 e. The number of nitrogens with zero attached hydrogens (tertiary/aromatic N) is 1. The Morgan fingerprint density at radius 1 is 1.21 bits per heavy atom. The molecular formula is C14H11F2NO2. The zero-order chi connectivity index (χ0) is 13.8. The van der Waals surface area contributed by atoms with Crippen molar-refractivity contribution in [2.75, 3.05) is 7.11 Å². The summed E-state index contributed by atoms with van der Waals surface area (Å²) in [5.74, 6) is -0.165. The minimum Gasteiger partial charge on any atom is -0.497 e. The van der Waals surface area contributed by atoms with E-state index in [2.05, 4.69) is 4.98 Å². The largest absolute Gasteiger partial charge is 0.497 e. The lowest BCUT2D eigenvalue weighted by Crippen LogP contribution is -2.06. The van der Waals surface area contributed by atoms with Crippen LogP contribution >= 0.6 is 0 Å². The van der Waals surface area contributed by atoms with E-state index in [1.54, 1.807) is 0 Å². The highest BCUT2D eigenvalue weighted by atomic mass is 19.3. The van der Waals surface area contributed by atoms with E-state index in [4.69, 9.17) is 4.74 Å². The first-order valence-electron chi connectivity index (χ1n) is 5.54. The van der Waals surface area contributed by atoms with Crippen molar-refractivity contribution in [1.29, 1.82) is 0 Å². The van der Waals surface area contributed by atoms with E-state index in [1.807, 2.05) is 0 Å². The lowest BCUT2D eigenvalue weighted by molar-refractivity contribution is 0.102. The van der Waals surface area contributed by atoms with Crippen LogP contribution in [0.2, 0.25) is 0 Å². The number of hydrogen-bond acceptors (Lipinski definition) is 3. The molecule has 0 fully saturated rings. The van der Waals surface area contributed by atoms with Crippen LogP contribution in [0.15, 0.2) is 42.7 Å². The number of alkyl halides is 2. The molecule has 0 radical (unpaired) electrons. The summed E-state index contributed by atoms with van der Waals surface area (Å²) in [6.45, 7) is 0. The van der Waals surface area contributed by atoms with E-state index in [1.165, 1.54) is 49.8 Å². The van der Waals surface area contributed by atoms with Gasteiger partial charge in [-0.1, -0.05) is 0 Å². The molecule has 0 aliphatic heterocycles. The first-order chi connectivity index (χ1) is 9.13. The van der Waals surface area contributed by atoms with E-state index in [0.717, 1.165) is 0 Å². The van der Waals surface area contributed by atoms with Crippen LogP contribution in [0.5, 0.6) is 5.75 Å². The van der Waals surface area contributed by atoms with E-state index in [9.17, 15) is 13.6 Å². The molecule has 1 heterocycles. The highest BCUT2D eigenvalue weighted by Gasteiger charge is 2.20. The van der Waals surface area contributed by atoms with Gasteiger partial charge in [-0.2, -0.15) is 0 Å². The fourth-order valence-electron chi connectivity index (χ4n) is 1.71. The molecule has 0 amide bonds. The summed E-state index contributed by atoms with van der Waals surface area (Å²) < 4.78 is 30.9. The van der Waals surface area contributed by atoms with Gasteiger partial charge in [0, 0.05) is 29.1 Å². The Morgan fingerprint density at radius 2 is 1.89 bits per heavy atom. The Bertz CT molecular complexity index is 585. The minimum absolute atomic E-state index is 0.0259. The van der Waals surface area contributed by atoms with Crippen molar-refractivity contribution < 1.29 is 18.3 Å². The third kappa shape index (κ3) is 2.76. The molecular weight excluding hydrogens is 252 g/mol. The second-order valence-corrected chi connectivity index (χ2v) is 3.82. The molecule has 1 aromatic carbocycles. The van der Waals surface area contributed by atoms with E-state index in [-0.39, 0.29) is 11.1 Å². The van der Waals surface area contributed by atoms with Crippen LogP contribution in [0.25, 0.3) is 0 Å². The third-order valence-corrected chi connectivity index (χ3v) is 2.68. The average Bonchev–Trinajstić information content (AvgIpc) is 2.46. The molecule has 0 saturated carbocycles. The van der Waals surface area contributed by atoms with Crippen molar-refractivity contribution in [2.24, 2.45) is 0 Å². The predicted molar refractivity (Wildman–Crippen MR) is 65.6 cm³/mol. The fraction of sp³-hybridized carbons (Fsp3) is 0.143. The number of ether oxygens (including phenoxy) is 1. The van der Waals surface area contributed by atoms with E-state index >= 15 is 0 Å². The van der Waals surface area contributed by atoms with Crippen molar-refractivity contribution >= 4 is 5.78 Å². The van der Waals surface area contributed by atoms with E-state index < -0.39 is 12.2 Å². The van der Waals surface area contributed by atoms with Gasteiger partial charge in [0.25, 0.3) is 6.43 Å². The number of hydrogen-bond donors (Lipinski definition) is 0. The normalized spacial score (nSPS) is 10.5. The number of methoxy groups -OCH3 is 1. The predicted octanol–water partition coefficient (Wildman–Crippen LogP) is 3.26. The summed E-state index contributed by atoms with van der Waals surface area (Å²) in [5.41, 5.74) is -0.0368. The van der Waals surface area contributed by atoms with Gasteiger partial charge in [0.1, 0.15) is 5.75 Å². The summed E-state index contributed by atoms with van der Waals surface area (Å²) in [7, 11) is 1.38. The molecule has 19 heavy (non-hydrogen) atoms. The molecule has 0 spiro atoms. The van der Waals surface area contributed by atoms with Crippen LogP contribution < -0.4 is 4.74 Å². The number of aromatic nitrogens is 1. The Labute approximate surface area is 108 Å². The van der Waals surface area contributed by atoms with Crippen molar-refractivity contribution in [3.8, 4) is 5.75 Å². The maximum atomic E-state index is 13.0. The summed E-state index contributed by atoms with van der Waals surface area (Å²) in [6.07, 6.45) is 0.147. The second kappa shape index (κ2) is 5.56. The van der Waals surface area contributed by atoms with Crippen LogP contribution in [0.4, 0.5) is 8.78 Å². The molecule has 0 atom stereocenters. The molecule has 2 rings (SSSR count). The number of rotatable bonds is 4. The molecule has 0 saturated heterocycles. The van der Waals surface area contributed by atoms with Gasteiger partial charge < -0.3 is 4.74 Å². The van der Waals surface area contributed by atoms with Gasteiger partial charge >= 0.3 is 0 Å². The average molecular weight is 263 g/mol. The third-order valence-electron chi connectivity index (χ3n) is 2.68. The topological polar surface area (TPSA) is 39.2 Å². The first kappa shape index (κ1) is 13.1. The minimum atomic E-state index is -2.74. The molecule has 98 valence electrons. The SMILES string of the molecule is COc1ccc(C(=O)c2ccncc2)c(C(F)F)c1. The van der Waals surface area contributed by atoms with Crippen molar-refractivity contribution in [2.45, 2.75) is 6.43 Å². The Morgan fingerprint density at radius 3 is 2.47 bits per heavy atom. The van der Waals surface area contributed by atoms with Crippen LogP contribution in [0.1, 0.15) is 27.9 Å². The number of ketones is 1. The number of halogens is 2. The Hall–Kier alpha value is -2.30. The number of benzene rings is 1. The summed E-state index contributed by atoms with van der Waals surface area (Å²) in [6, 6.07) is 6.99. The quantitative estimate of drug-likeness (QED) is 0.795. The van der Waals surface area contributed by atoms with Gasteiger partial charge in [-0.05, 0) is 30.3 Å². The highest BCUT2D eigenvalue weighted by Crippen LogP contribution is 2.28. The zero-order valence-corrected chi connectivity index (χ0v) is 10.1. The monoisotopic (exact) mass is 263 g/mol. The molecule has 0 unspecified atom stereocenters. The number of carbonyl (C=O) groups excluding carboxylic acids is 1. The maximum Gasteiger partial charge on any atom is 0.264 e. The van der Waals surface area contributed by atoms with Crippen LogP contribution in [-0.2, 0) is 0 Å². The van der Waals surface area contributed by atoms with Crippen molar-refractivity contribution in [3.63, 3.8) is 0 Å². The molecule has 0 aliphatic rings. The molecule has 1 aromatic heterocycles. The van der Waals surface area contributed by atoms with Crippen molar-refractivity contribution in [1.82, 2.24) is 4.98 Å². The molecule has 0 bridgehead atoms. The van der Waals surface area contributed by atoms with Crippen LogP contribution in [0.3, 0.4) is 0 Å². The van der Waals surface area contributed by atoms with E-state index in [0.29, 0.717) is 11.3 Å². The second-order valence-electron chi connectivity index (χ2n) is 3.82. The summed E-state index contributed by atoms with van der Waals surface area (Å²) in [5, 5.41) is 0. The number of pyridine rings is 1. The lowest BCUT2D eigenvalue weighted by Gasteiger charge is -2.10. The standard InChI is InChI=1S/C14H11F2NO2/c1-19-10-2-3-11(12(8-10)14(15)16)13(18)9-4-6-17-7-5-9/h2-8,14H,1H3. The molecule has 5 heteroatoms. The molecule has 0 aliphatic carbocycles. The molecule has 2 aromatic rings. The maximum absolute atomic E-state index is 13.0.